The summed E-state index contributed by atoms with van der Waals surface area (Å²) in [6.07, 6.45) is 5.31. The van der Waals surface area contributed by atoms with E-state index in [0.29, 0.717) is 5.75 Å². The van der Waals surface area contributed by atoms with Gasteiger partial charge in [-0.3, -0.25) is 13.9 Å². The lowest BCUT2D eigenvalue weighted by Crippen LogP contribution is -2.55. The van der Waals surface area contributed by atoms with Crippen molar-refractivity contribution >= 4 is 27.5 Å². The molecule has 1 aliphatic carbocycles. The Morgan fingerprint density at radius 3 is 1.98 bits per heavy atom. The number of ether oxygens (including phenoxy) is 1. The molecule has 1 N–H and O–H groups in total. The maximum atomic E-state index is 14.6. The third kappa shape index (κ3) is 8.14. The number of nitrogens with zero attached hydrogens (tertiary/aromatic N) is 2. The number of sulfonamides is 1. The lowest BCUT2D eigenvalue weighted by molar-refractivity contribution is -0.140. The number of hydrogen-bond donors (Lipinski definition) is 1. The zero-order chi connectivity index (χ0) is 32.4. The smallest absolute Gasteiger partial charge is 0.264 e. The number of carbonyl (C=O) groups is 2. The third-order valence-electron chi connectivity index (χ3n) is 8.38. The van der Waals surface area contributed by atoms with Gasteiger partial charge in [0.25, 0.3) is 10.0 Å². The fourth-order valence-corrected chi connectivity index (χ4v) is 7.39. The normalized spacial score (nSPS) is 14.2. The predicted molar refractivity (Wildman–Crippen MR) is 180 cm³/mol. The summed E-state index contributed by atoms with van der Waals surface area (Å²) in [6.45, 7) is -0.410. The van der Waals surface area contributed by atoms with Crippen LogP contribution in [0.5, 0.6) is 5.75 Å². The molecule has 1 atom stereocenters. The van der Waals surface area contributed by atoms with Gasteiger partial charge < -0.3 is 15.0 Å². The first-order valence-corrected chi connectivity index (χ1v) is 17.2. The van der Waals surface area contributed by atoms with Crippen LogP contribution in [0.2, 0.25) is 0 Å². The van der Waals surface area contributed by atoms with Crippen molar-refractivity contribution in [3.63, 3.8) is 0 Å². The molecule has 1 unspecified atom stereocenters. The molecule has 2 amide bonds. The molecular formula is C37H41N3O5S. The molecular weight excluding hydrogens is 598 g/mol. The van der Waals surface area contributed by atoms with Crippen molar-refractivity contribution in [1.29, 1.82) is 0 Å². The van der Waals surface area contributed by atoms with Gasteiger partial charge in [-0.05, 0) is 48.2 Å². The highest BCUT2D eigenvalue weighted by atomic mass is 32.2. The Kier molecular flexibility index (Phi) is 11.1. The molecule has 1 saturated carbocycles. The number of anilines is 1. The van der Waals surface area contributed by atoms with E-state index in [1.165, 1.54) is 24.1 Å². The minimum absolute atomic E-state index is 0.0386. The number of nitrogens with one attached hydrogen (secondary N) is 1. The van der Waals surface area contributed by atoms with Gasteiger partial charge in [0.1, 0.15) is 18.3 Å². The Bertz CT molecular complexity index is 1680. The number of amides is 2. The van der Waals surface area contributed by atoms with Crippen LogP contribution in [0.15, 0.2) is 120 Å². The average molecular weight is 640 g/mol. The van der Waals surface area contributed by atoms with Crippen molar-refractivity contribution < 1.29 is 22.7 Å². The molecule has 9 heteroatoms. The van der Waals surface area contributed by atoms with Gasteiger partial charge in [0.15, 0.2) is 0 Å². The second-order valence-corrected chi connectivity index (χ2v) is 13.4. The lowest BCUT2D eigenvalue weighted by Gasteiger charge is -2.35. The summed E-state index contributed by atoms with van der Waals surface area (Å²) in [5.41, 5.74) is 1.96. The minimum Gasteiger partial charge on any atom is -0.495 e. The van der Waals surface area contributed by atoms with Crippen molar-refractivity contribution in [1.82, 2.24) is 10.2 Å². The van der Waals surface area contributed by atoms with Crippen LogP contribution in [0.25, 0.3) is 0 Å². The summed E-state index contributed by atoms with van der Waals surface area (Å²) >= 11 is 0. The zero-order valence-electron chi connectivity index (χ0n) is 26.1. The number of para-hydroxylation sites is 2. The maximum absolute atomic E-state index is 14.6. The zero-order valence-corrected chi connectivity index (χ0v) is 26.9. The van der Waals surface area contributed by atoms with Gasteiger partial charge in [0, 0.05) is 19.0 Å². The Morgan fingerprint density at radius 2 is 1.35 bits per heavy atom. The summed E-state index contributed by atoms with van der Waals surface area (Å²) in [5, 5.41) is 3.24. The Balaban J connectivity index is 1.56. The lowest BCUT2D eigenvalue weighted by atomic mass is 9.94. The van der Waals surface area contributed by atoms with Crippen LogP contribution in [0.1, 0.15) is 43.2 Å². The van der Waals surface area contributed by atoms with Crippen LogP contribution >= 0.6 is 0 Å². The minimum atomic E-state index is -4.21. The number of hydrogen-bond acceptors (Lipinski definition) is 5. The van der Waals surface area contributed by atoms with E-state index in [1.54, 1.807) is 42.5 Å². The van der Waals surface area contributed by atoms with Crippen molar-refractivity contribution in [3.8, 4) is 5.75 Å². The maximum Gasteiger partial charge on any atom is 0.264 e. The highest BCUT2D eigenvalue weighted by Gasteiger charge is 2.36. The number of carbonyl (C=O) groups excluding carboxylic acids is 2. The quantitative estimate of drug-likeness (QED) is 0.194. The molecule has 0 heterocycles. The van der Waals surface area contributed by atoms with Crippen molar-refractivity contribution in [3.05, 3.63) is 126 Å². The van der Waals surface area contributed by atoms with Crippen LogP contribution in [-0.4, -0.2) is 50.9 Å². The Morgan fingerprint density at radius 1 is 0.783 bits per heavy atom. The van der Waals surface area contributed by atoms with Crippen LogP contribution in [-0.2, 0) is 32.6 Å². The fraction of sp³-hybridized carbons (Fsp3) is 0.297. The summed E-state index contributed by atoms with van der Waals surface area (Å²) in [6, 6.07) is 32.9. The SMILES string of the molecule is COc1ccccc1N(CC(=O)N(Cc1ccccc1)C(Cc1ccccc1)C(=O)NC1CCCCC1)S(=O)(=O)c1ccccc1. The van der Waals surface area contributed by atoms with Crippen LogP contribution in [0.3, 0.4) is 0 Å². The number of rotatable bonds is 13. The first-order chi connectivity index (χ1) is 22.4. The highest BCUT2D eigenvalue weighted by molar-refractivity contribution is 7.92. The van der Waals surface area contributed by atoms with E-state index < -0.39 is 28.5 Å². The molecule has 46 heavy (non-hydrogen) atoms. The molecule has 0 radical (unpaired) electrons. The van der Waals surface area contributed by atoms with Gasteiger partial charge in [0.2, 0.25) is 11.8 Å². The molecule has 240 valence electrons. The fourth-order valence-electron chi connectivity index (χ4n) is 5.95. The molecule has 0 aromatic heterocycles. The molecule has 0 aliphatic heterocycles. The van der Waals surface area contributed by atoms with Gasteiger partial charge in [-0.15, -0.1) is 0 Å². The summed E-state index contributed by atoms with van der Waals surface area (Å²) in [4.78, 5) is 30.4. The highest BCUT2D eigenvalue weighted by Crippen LogP contribution is 2.32. The molecule has 0 spiro atoms. The standard InChI is InChI=1S/C37H41N3O5S/c1-45-35-25-15-14-24-33(35)40(46(43,44)32-22-12-5-13-23-32)28-36(41)39(27-30-18-8-3-9-19-30)34(26-29-16-6-2-7-17-29)37(42)38-31-20-10-4-11-21-31/h2-3,5-9,12-19,22-25,31,34H,4,10-11,20-21,26-28H2,1H3,(H,38,42). The molecule has 5 rings (SSSR count). The van der Waals surface area contributed by atoms with Gasteiger partial charge in [0.05, 0.1) is 17.7 Å². The molecule has 8 nitrogen and oxygen atoms in total. The second-order valence-electron chi connectivity index (χ2n) is 11.6. The molecule has 4 aromatic rings. The molecule has 1 aliphatic rings. The van der Waals surface area contributed by atoms with E-state index in [4.69, 9.17) is 4.74 Å². The Hall–Kier alpha value is -4.63. The van der Waals surface area contributed by atoms with Crippen molar-refractivity contribution in [2.75, 3.05) is 18.0 Å². The van der Waals surface area contributed by atoms with Crippen LogP contribution in [0, 0.1) is 0 Å². The topological polar surface area (TPSA) is 96.0 Å². The number of methoxy groups -OCH3 is 1. The molecule has 1 fully saturated rings. The number of benzene rings is 4. The van der Waals surface area contributed by atoms with Crippen LogP contribution < -0.4 is 14.4 Å². The summed E-state index contributed by atoms with van der Waals surface area (Å²) < 4.78 is 35.0. The first kappa shape index (κ1) is 32.8. The summed E-state index contributed by atoms with van der Waals surface area (Å²) in [7, 11) is -2.75. The van der Waals surface area contributed by atoms with Crippen molar-refractivity contribution in [2.45, 2.75) is 62.0 Å². The van der Waals surface area contributed by atoms with Crippen LogP contribution in [0.4, 0.5) is 5.69 Å². The van der Waals surface area contributed by atoms with Crippen molar-refractivity contribution in [2.24, 2.45) is 0 Å². The average Bonchev–Trinajstić information content (AvgIpc) is 3.10. The Labute approximate surface area is 272 Å². The molecule has 0 saturated heterocycles. The van der Waals surface area contributed by atoms with Gasteiger partial charge in [-0.25, -0.2) is 8.42 Å². The van der Waals surface area contributed by atoms with E-state index in [9.17, 15) is 18.0 Å². The van der Waals surface area contributed by atoms with Gasteiger partial charge >= 0.3 is 0 Å². The van der Waals surface area contributed by atoms with Gasteiger partial charge in [-0.2, -0.15) is 0 Å². The monoisotopic (exact) mass is 639 g/mol. The largest absolute Gasteiger partial charge is 0.495 e. The predicted octanol–water partition coefficient (Wildman–Crippen LogP) is 5.98. The summed E-state index contributed by atoms with van der Waals surface area (Å²) in [5.74, 6) is -0.441. The molecule has 0 bridgehead atoms. The second kappa shape index (κ2) is 15.6. The van der Waals surface area contributed by atoms with E-state index in [2.05, 4.69) is 5.32 Å². The third-order valence-corrected chi connectivity index (χ3v) is 10.2. The van der Waals surface area contributed by atoms with E-state index in [0.717, 1.165) is 47.5 Å². The van der Waals surface area contributed by atoms with E-state index >= 15 is 0 Å². The molecule has 4 aromatic carbocycles. The first-order valence-electron chi connectivity index (χ1n) is 15.8. The van der Waals surface area contributed by atoms with E-state index in [1.807, 2.05) is 60.7 Å². The van der Waals surface area contributed by atoms with E-state index in [-0.39, 0.29) is 35.5 Å². The van der Waals surface area contributed by atoms with Gasteiger partial charge in [-0.1, -0.05) is 110 Å².